The predicted molar refractivity (Wildman–Crippen MR) is 87.4 cm³/mol. The molecule has 2 aromatic carbocycles. The molecule has 0 aromatic heterocycles. The summed E-state index contributed by atoms with van der Waals surface area (Å²) in [6, 6.07) is 11.3. The highest BCUT2D eigenvalue weighted by molar-refractivity contribution is 9.10. The number of halogens is 1. The Bertz CT molecular complexity index is 791. The fourth-order valence-corrected chi connectivity index (χ4v) is 3.12. The molecule has 0 saturated carbocycles. The van der Waals surface area contributed by atoms with Crippen LogP contribution in [-0.2, 0) is 10.0 Å². The zero-order valence-corrected chi connectivity index (χ0v) is 14.1. The van der Waals surface area contributed by atoms with Gasteiger partial charge in [0, 0.05) is 23.2 Å². The molecule has 2 aromatic rings. The number of benzene rings is 2. The summed E-state index contributed by atoms with van der Waals surface area (Å²) in [5, 5.41) is 20.6. The Balaban J connectivity index is 2.04. The smallest absolute Gasteiger partial charge is 0.269 e. The van der Waals surface area contributed by atoms with Gasteiger partial charge >= 0.3 is 0 Å². The molecule has 122 valence electrons. The first-order valence-electron chi connectivity index (χ1n) is 6.47. The van der Waals surface area contributed by atoms with Gasteiger partial charge in [-0.2, -0.15) is 0 Å². The molecule has 9 heteroatoms. The Morgan fingerprint density at radius 1 is 1.13 bits per heavy atom. The third-order valence-corrected chi connectivity index (χ3v) is 5.05. The molecule has 0 aliphatic carbocycles. The molecule has 0 heterocycles. The Hall–Kier alpha value is -1.81. The van der Waals surface area contributed by atoms with Gasteiger partial charge in [0.1, 0.15) is 0 Å². The van der Waals surface area contributed by atoms with E-state index in [1.807, 2.05) is 0 Å². The van der Waals surface area contributed by atoms with Crippen molar-refractivity contribution in [1.29, 1.82) is 0 Å². The van der Waals surface area contributed by atoms with Gasteiger partial charge in [0.2, 0.25) is 10.0 Å². The minimum Gasteiger partial charge on any atom is -0.387 e. The molecule has 0 radical (unpaired) electrons. The quantitative estimate of drug-likeness (QED) is 0.571. The molecule has 0 bridgehead atoms. The lowest BCUT2D eigenvalue weighted by Crippen LogP contribution is -2.28. The van der Waals surface area contributed by atoms with Gasteiger partial charge in [-0.1, -0.05) is 15.9 Å². The second-order valence-electron chi connectivity index (χ2n) is 4.67. The van der Waals surface area contributed by atoms with Crippen molar-refractivity contribution in [1.82, 2.24) is 4.72 Å². The molecule has 0 saturated heterocycles. The van der Waals surface area contributed by atoms with E-state index < -0.39 is 21.1 Å². The minimum atomic E-state index is -3.74. The first-order valence-corrected chi connectivity index (χ1v) is 8.75. The first kappa shape index (κ1) is 17.5. The van der Waals surface area contributed by atoms with E-state index in [-0.39, 0.29) is 17.1 Å². The number of aliphatic hydroxyl groups is 1. The highest BCUT2D eigenvalue weighted by Crippen LogP contribution is 2.18. The third kappa shape index (κ3) is 4.58. The highest BCUT2D eigenvalue weighted by atomic mass is 79.9. The lowest BCUT2D eigenvalue weighted by Gasteiger charge is -2.12. The van der Waals surface area contributed by atoms with Gasteiger partial charge in [0.25, 0.3) is 5.69 Å². The van der Waals surface area contributed by atoms with Crippen LogP contribution >= 0.6 is 15.9 Å². The van der Waals surface area contributed by atoms with Crippen molar-refractivity contribution < 1.29 is 18.4 Å². The van der Waals surface area contributed by atoms with Gasteiger partial charge in [-0.15, -0.1) is 0 Å². The van der Waals surface area contributed by atoms with Crippen molar-refractivity contribution in [3.8, 4) is 0 Å². The number of nitrogens with zero attached hydrogens (tertiary/aromatic N) is 1. The molecule has 0 aliphatic rings. The summed E-state index contributed by atoms with van der Waals surface area (Å²) >= 11 is 3.22. The van der Waals surface area contributed by atoms with Crippen LogP contribution in [0.3, 0.4) is 0 Å². The molecule has 2 N–H and O–H groups in total. The number of non-ortho nitro benzene ring substituents is 1. The van der Waals surface area contributed by atoms with E-state index in [4.69, 9.17) is 0 Å². The van der Waals surface area contributed by atoms with E-state index in [2.05, 4.69) is 20.7 Å². The monoisotopic (exact) mass is 400 g/mol. The fraction of sp³-hybridized carbons (Fsp3) is 0.143. The summed E-state index contributed by atoms with van der Waals surface area (Å²) in [5.74, 6) is 0. The van der Waals surface area contributed by atoms with Crippen LogP contribution in [0.4, 0.5) is 5.69 Å². The predicted octanol–water partition coefficient (Wildman–Crippen LogP) is 2.37. The molecule has 2 rings (SSSR count). The van der Waals surface area contributed by atoms with E-state index in [9.17, 15) is 23.6 Å². The van der Waals surface area contributed by atoms with Crippen molar-refractivity contribution in [3.05, 3.63) is 68.7 Å². The average molecular weight is 401 g/mol. The molecule has 0 amide bonds. The highest BCUT2D eigenvalue weighted by Gasteiger charge is 2.17. The number of hydrogen-bond donors (Lipinski definition) is 2. The van der Waals surface area contributed by atoms with Gasteiger partial charge in [0.15, 0.2) is 0 Å². The lowest BCUT2D eigenvalue weighted by molar-refractivity contribution is -0.384. The normalized spacial score (nSPS) is 12.8. The molecule has 0 fully saturated rings. The molecule has 1 unspecified atom stereocenters. The third-order valence-electron chi connectivity index (χ3n) is 3.08. The minimum absolute atomic E-state index is 0.0802. The molecule has 0 aliphatic heterocycles. The molecular weight excluding hydrogens is 388 g/mol. The summed E-state index contributed by atoms with van der Waals surface area (Å²) in [7, 11) is -3.74. The number of sulfonamides is 1. The summed E-state index contributed by atoms with van der Waals surface area (Å²) in [5.41, 5.74) is 0.283. The molecule has 1 atom stereocenters. The number of rotatable bonds is 6. The van der Waals surface area contributed by atoms with Crippen molar-refractivity contribution >= 4 is 31.6 Å². The topological polar surface area (TPSA) is 110 Å². The van der Waals surface area contributed by atoms with Gasteiger partial charge in [-0.05, 0) is 42.0 Å². The number of hydrogen-bond acceptors (Lipinski definition) is 5. The molecule has 0 spiro atoms. The van der Waals surface area contributed by atoms with Gasteiger partial charge in [-0.3, -0.25) is 10.1 Å². The summed E-state index contributed by atoms with van der Waals surface area (Å²) in [6.45, 7) is -0.240. The summed E-state index contributed by atoms with van der Waals surface area (Å²) < 4.78 is 27.2. The van der Waals surface area contributed by atoms with E-state index in [0.717, 1.165) is 4.47 Å². The van der Waals surface area contributed by atoms with Crippen LogP contribution in [0.25, 0.3) is 0 Å². The summed E-state index contributed by atoms with van der Waals surface area (Å²) in [6.07, 6.45) is -1.11. The SMILES string of the molecule is O=[N+]([O-])c1ccc(C(O)CNS(=O)(=O)c2ccc(Br)cc2)cc1. The van der Waals surface area contributed by atoms with Crippen LogP contribution in [0.2, 0.25) is 0 Å². The largest absolute Gasteiger partial charge is 0.387 e. The average Bonchev–Trinajstić information content (AvgIpc) is 2.53. The van der Waals surface area contributed by atoms with Crippen LogP contribution in [-0.4, -0.2) is 25.0 Å². The van der Waals surface area contributed by atoms with Crippen LogP contribution in [0.1, 0.15) is 11.7 Å². The maximum absolute atomic E-state index is 12.1. The van der Waals surface area contributed by atoms with E-state index >= 15 is 0 Å². The maximum Gasteiger partial charge on any atom is 0.269 e. The van der Waals surface area contributed by atoms with E-state index in [1.54, 1.807) is 12.1 Å². The Kier molecular flexibility index (Phi) is 5.47. The van der Waals surface area contributed by atoms with Gasteiger partial charge in [0.05, 0.1) is 15.9 Å². The van der Waals surface area contributed by atoms with Crippen molar-refractivity contribution in [2.24, 2.45) is 0 Å². The van der Waals surface area contributed by atoms with Crippen LogP contribution in [0.15, 0.2) is 57.9 Å². The number of nitro benzene ring substituents is 1. The molecule has 7 nitrogen and oxygen atoms in total. The Labute approximate surface area is 141 Å². The number of nitro groups is 1. The van der Waals surface area contributed by atoms with Crippen molar-refractivity contribution in [2.75, 3.05) is 6.54 Å². The van der Waals surface area contributed by atoms with Gasteiger partial charge in [-0.25, -0.2) is 13.1 Å². The second-order valence-corrected chi connectivity index (χ2v) is 7.35. The maximum atomic E-state index is 12.1. The zero-order valence-electron chi connectivity index (χ0n) is 11.7. The fourth-order valence-electron chi connectivity index (χ4n) is 1.82. The van der Waals surface area contributed by atoms with E-state index in [1.165, 1.54) is 36.4 Å². The number of nitrogens with one attached hydrogen (secondary N) is 1. The summed E-state index contributed by atoms with van der Waals surface area (Å²) in [4.78, 5) is 10.1. The van der Waals surface area contributed by atoms with Crippen LogP contribution in [0.5, 0.6) is 0 Å². The van der Waals surface area contributed by atoms with Crippen LogP contribution in [0, 0.1) is 10.1 Å². The Morgan fingerprint density at radius 2 is 1.70 bits per heavy atom. The first-order chi connectivity index (χ1) is 10.8. The van der Waals surface area contributed by atoms with Crippen molar-refractivity contribution in [3.63, 3.8) is 0 Å². The number of aliphatic hydroxyl groups excluding tert-OH is 1. The molecule has 23 heavy (non-hydrogen) atoms. The molecular formula is C14H13BrN2O5S. The Morgan fingerprint density at radius 3 is 2.22 bits per heavy atom. The van der Waals surface area contributed by atoms with Crippen molar-refractivity contribution in [2.45, 2.75) is 11.0 Å². The van der Waals surface area contributed by atoms with Crippen LogP contribution < -0.4 is 4.72 Å². The standard InChI is InChI=1S/C14H13BrN2O5S/c15-11-3-7-13(8-4-11)23(21,22)16-9-14(18)10-1-5-12(6-2-10)17(19)20/h1-8,14,16,18H,9H2. The zero-order chi connectivity index (χ0) is 17.0. The van der Waals surface area contributed by atoms with Gasteiger partial charge < -0.3 is 5.11 Å². The second kappa shape index (κ2) is 7.18. The lowest BCUT2D eigenvalue weighted by atomic mass is 10.1. The van der Waals surface area contributed by atoms with E-state index in [0.29, 0.717) is 5.56 Å².